The number of amides is 1. The van der Waals surface area contributed by atoms with Crippen molar-refractivity contribution in [3.05, 3.63) is 70.7 Å². The predicted molar refractivity (Wildman–Crippen MR) is 117 cm³/mol. The Balaban J connectivity index is 1.41. The molecule has 1 heterocycles. The van der Waals surface area contributed by atoms with Gasteiger partial charge in [0.1, 0.15) is 17.4 Å². The van der Waals surface area contributed by atoms with Gasteiger partial charge in [0.25, 0.3) is 0 Å². The first-order valence-corrected chi connectivity index (χ1v) is 10.5. The zero-order valence-corrected chi connectivity index (χ0v) is 17.8. The number of nitrogens with zero attached hydrogens (tertiary/aromatic N) is 1. The Morgan fingerprint density at radius 2 is 1.87 bits per heavy atom. The maximum absolute atomic E-state index is 12.2. The molecule has 0 saturated carbocycles. The quantitative estimate of drug-likeness (QED) is 0.414. The van der Waals surface area contributed by atoms with Crippen LogP contribution >= 0.6 is 11.3 Å². The Kier molecular flexibility index (Phi) is 7.57. The predicted octanol–water partition coefficient (Wildman–Crippen LogP) is 4.03. The van der Waals surface area contributed by atoms with E-state index in [1.54, 1.807) is 12.5 Å². The van der Waals surface area contributed by atoms with Crippen LogP contribution in [0.3, 0.4) is 0 Å². The van der Waals surface area contributed by atoms with Crippen molar-refractivity contribution in [1.82, 2.24) is 10.3 Å². The third-order valence-electron chi connectivity index (χ3n) is 4.47. The van der Waals surface area contributed by atoms with E-state index in [0.717, 1.165) is 11.1 Å². The zero-order chi connectivity index (χ0) is 21.3. The van der Waals surface area contributed by atoms with E-state index in [0.29, 0.717) is 23.6 Å². The lowest BCUT2D eigenvalue weighted by Crippen LogP contribution is -2.28. The van der Waals surface area contributed by atoms with E-state index < -0.39 is 5.97 Å². The first kappa shape index (κ1) is 21.5. The van der Waals surface area contributed by atoms with E-state index in [-0.39, 0.29) is 24.8 Å². The molecule has 7 heteroatoms. The van der Waals surface area contributed by atoms with Crippen molar-refractivity contribution in [2.24, 2.45) is 0 Å². The number of carbonyl (C=O) groups is 2. The number of aryl methyl sites for hydroxylation is 2. The number of aromatic nitrogens is 1. The van der Waals surface area contributed by atoms with Gasteiger partial charge in [-0.3, -0.25) is 4.79 Å². The zero-order valence-electron chi connectivity index (χ0n) is 17.0. The smallest absolute Gasteiger partial charge is 0.357 e. The van der Waals surface area contributed by atoms with Gasteiger partial charge < -0.3 is 14.8 Å². The van der Waals surface area contributed by atoms with Gasteiger partial charge in [-0.15, -0.1) is 11.3 Å². The number of benzene rings is 2. The molecule has 3 rings (SSSR count). The average molecular weight is 425 g/mol. The number of methoxy groups -OCH3 is 1. The van der Waals surface area contributed by atoms with Crippen molar-refractivity contribution in [3.63, 3.8) is 0 Å². The highest BCUT2D eigenvalue weighted by atomic mass is 32.1. The lowest BCUT2D eigenvalue weighted by molar-refractivity contribution is -0.121. The van der Waals surface area contributed by atoms with Gasteiger partial charge in [0.05, 0.1) is 19.2 Å². The second-order valence-corrected chi connectivity index (χ2v) is 7.57. The van der Waals surface area contributed by atoms with Gasteiger partial charge in [-0.1, -0.05) is 42.0 Å². The Hall–Kier alpha value is -3.19. The van der Waals surface area contributed by atoms with Gasteiger partial charge in [-0.25, -0.2) is 9.78 Å². The first-order valence-electron chi connectivity index (χ1n) is 9.65. The number of esters is 1. The van der Waals surface area contributed by atoms with Crippen molar-refractivity contribution in [2.45, 2.75) is 19.8 Å². The molecule has 0 unspecified atom stereocenters. The fraction of sp³-hybridized carbons (Fsp3) is 0.261. The molecule has 0 aliphatic heterocycles. The maximum atomic E-state index is 12.2. The summed E-state index contributed by atoms with van der Waals surface area (Å²) in [5.41, 5.74) is 3.38. The molecular weight excluding hydrogens is 400 g/mol. The summed E-state index contributed by atoms with van der Waals surface area (Å²) < 4.78 is 10.6. The molecule has 0 bridgehead atoms. The van der Waals surface area contributed by atoms with Crippen LogP contribution in [0.2, 0.25) is 0 Å². The van der Waals surface area contributed by atoms with Crippen molar-refractivity contribution < 1.29 is 19.1 Å². The third-order valence-corrected chi connectivity index (χ3v) is 5.35. The normalized spacial score (nSPS) is 10.5. The van der Waals surface area contributed by atoms with E-state index >= 15 is 0 Å². The molecule has 6 nitrogen and oxygen atoms in total. The molecule has 0 fully saturated rings. The number of hydrogen-bond donors (Lipinski definition) is 1. The number of para-hydroxylation sites is 1. The van der Waals surface area contributed by atoms with E-state index in [1.165, 1.54) is 16.9 Å². The van der Waals surface area contributed by atoms with Crippen LogP contribution in [0.15, 0.2) is 53.9 Å². The van der Waals surface area contributed by atoms with Crippen molar-refractivity contribution >= 4 is 23.2 Å². The van der Waals surface area contributed by atoms with Gasteiger partial charge >= 0.3 is 5.97 Å². The lowest BCUT2D eigenvalue weighted by atomic mass is 10.1. The van der Waals surface area contributed by atoms with E-state index in [2.05, 4.69) is 10.3 Å². The second kappa shape index (κ2) is 10.5. The fourth-order valence-corrected chi connectivity index (χ4v) is 3.64. The van der Waals surface area contributed by atoms with Crippen LogP contribution in [0.25, 0.3) is 10.6 Å². The summed E-state index contributed by atoms with van der Waals surface area (Å²) in [6.45, 7) is 2.39. The summed E-state index contributed by atoms with van der Waals surface area (Å²) in [7, 11) is 1.59. The molecule has 0 aliphatic rings. The number of rotatable bonds is 9. The molecule has 3 aromatic rings. The van der Waals surface area contributed by atoms with Crippen LogP contribution in [0.5, 0.6) is 5.75 Å². The molecule has 0 radical (unpaired) electrons. The number of hydrogen-bond acceptors (Lipinski definition) is 6. The number of thiazole rings is 1. The van der Waals surface area contributed by atoms with Crippen LogP contribution in [0.1, 0.15) is 28.0 Å². The van der Waals surface area contributed by atoms with Crippen molar-refractivity contribution in [3.8, 4) is 16.3 Å². The van der Waals surface area contributed by atoms with Gasteiger partial charge in [0, 0.05) is 11.8 Å². The summed E-state index contributed by atoms with van der Waals surface area (Å²) in [5, 5.41) is 5.11. The molecule has 0 saturated heterocycles. The summed E-state index contributed by atoms with van der Waals surface area (Å²) in [5.74, 6) is 0.111. The molecule has 0 aliphatic carbocycles. The van der Waals surface area contributed by atoms with Crippen LogP contribution in [0.4, 0.5) is 0 Å². The standard InChI is InChI=1S/C23H24N2O4S/c1-16-7-9-17(10-8-16)11-12-21(26)24-13-14-29-23(27)19-15-30-22(25-19)18-5-3-4-6-20(18)28-2/h3-10,15H,11-14H2,1-2H3,(H,24,26). The largest absolute Gasteiger partial charge is 0.496 e. The second-order valence-electron chi connectivity index (χ2n) is 6.71. The van der Waals surface area contributed by atoms with Gasteiger partial charge in [-0.05, 0) is 31.0 Å². The Bertz CT molecular complexity index is 998. The van der Waals surface area contributed by atoms with E-state index in [9.17, 15) is 9.59 Å². The summed E-state index contributed by atoms with van der Waals surface area (Å²) in [6.07, 6.45) is 1.07. The van der Waals surface area contributed by atoms with Crippen LogP contribution in [-0.2, 0) is 16.0 Å². The topological polar surface area (TPSA) is 77.5 Å². The van der Waals surface area contributed by atoms with E-state index in [4.69, 9.17) is 9.47 Å². The molecule has 30 heavy (non-hydrogen) atoms. The molecule has 1 amide bonds. The summed E-state index contributed by atoms with van der Waals surface area (Å²) in [4.78, 5) is 28.5. The summed E-state index contributed by atoms with van der Waals surface area (Å²) >= 11 is 1.35. The highest BCUT2D eigenvalue weighted by Gasteiger charge is 2.15. The molecule has 0 spiro atoms. The monoisotopic (exact) mass is 424 g/mol. The fourth-order valence-electron chi connectivity index (χ4n) is 2.82. The molecule has 1 aromatic heterocycles. The van der Waals surface area contributed by atoms with Crippen molar-refractivity contribution in [2.75, 3.05) is 20.3 Å². The molecular formula is C23H24N2O4S. The highest BCUT2D eigenvalue weighted by molar-refractivity contribution is 7.13. The number of carbonyl (C=O) groups excluding carboxylic acids is 2. The maximum Gasteiger partial charge on any atom is 0.357 e. The first-order chi connectivity index (χ1) is 14.6. The average Bonchev–Trinajstić information content (AvgIpc) is 3.26. The van der Waals surface area contributed by atoms with Crippen LogP contribution < -0.4 is 10.1 Å². The van der Waals surface area contributed by atoms with Gasteiger partial charge in [0.15, 0.2) is 5.69 Å². The van der Waals surface area contributed by atoms with Crippen LogP contribution in [-0.4, -0.2) is 37.1 Å². The van der Waals surface area contributed by atoms with Crippen molar-refractivity contribution in [1.29, 1.82) is 0 Å². The van der Waals surface area contributed by atoms with Gasteiger partial charge in [0.2, 0.25) is 5.91 Å². The third kappa shape index (κ3) is 5.90. The molecule has 156 valence electrons. The minimum atomic E-state index is -0.513. The molecule has 0 atom stereocenters. The molecule has 1 N–H and O–H groups in total. The lowest BCUT2D eigenvalue weighted by Gasteiger charge is -2.06. The minimum absolute atomic E-state index is 0.0706. The summed E-state index contributed by atoms with van der Waals surface area (Å²) in [6, 6.07) is 15.6. The van der Waals surface area contributed by atoms with Crippen LogP contribution in [0, 0.1) is 6.92 Å². The Morgan fingerprint density at radius 1 is 1.10 bits per heavy atom. The highest BCUT2D eigenvalue weighted by Crippen LogP contribution is 2.31. The van der Waals surface area contributed by atoms with Gasteiger partial charge in [-0.2, -0.15) is 0 Å². The number of ether oxygens (including phenoxy) is 2. The molecule has 2 aromatic carbocycles. The Morgan fingerprint density at radius 3 is 2.63 bits per heavy atom. The minimum Gasteiger partial charge on any atom is -0.496 e. The van der Waals surface area contributed by atoms with E-state index in [1.807, 2.05) is 55.5 Å². The number of nitrogens with one attached hydrogen (secondary N) is 1. The SMILES string of the molecule is COc1ccccc1-c1nc(C(=O)OCCNC(=O)CCc2ccc(C)cc2)cs1. The Labute approximate surface area is 179 Å².